The summed E-state index contributed by atoms with van der Waals surface area (Å²) < 4.78 is 35.9. The van der Waals surface area contributed by atoms with E-state index in [0.717, 1.165) is 4.57 Å². The van der Waals surface area contributed by atoms with Crippen LogP contribution < -0.4 is 20.7 Å². The van der Waals surface area contributed by atoms with Crippen LogP contribution in [0.5, 0.6) is 5.88 Å². The van der Waals surface area contributed by atoms with Crippen LogP contribution in [-0.2, 0) is 21.3 Å². The number of aromatic nitrogens is 1. The lowest BCUT2D eigenvalue weighted by molar-refractivity contribution is 0.0854. The molecule has 0 spiro atoms. The zero-order chi connectivity index (χ0) is 28.9. The number of hydrazine groups is 1. The van der Waals surface area contributed by atoms with Gasteiger partial charge in [0.1, 0.15) is 22.2 Å². The Morgan fingerprint density at radius 1 is 1.16 bits per heavy atom. The number of rotatable bonds is 12. The van der Waals surface area contributed by atoms with E-state index in [9.17, 15) is 23.6 Å². The van der Waals surface area contributed by atoms with Crippen LogP contribution in [-0.4, -0.2) is 55.6 Å². The number of aliphatic hydroxyl groups is 1. The van der Waals surface area contributed by atoms with Crippen LogP contribution >= 0.6 is 0 Å². The van der Waals surface area contributed by atoms with E-state index in [2.05, 4.69) is 10.1 Å². The predicted octanol–water partition coefficient (Wildman–Crippen LogP) is 2.70. The highest BCUT2D eigenvalue weighted by molar-refractivity contribution is 7.89. The zero-order valence-electron chi connectivity index (χ0n) is 23.1. The highest BCUT2D eigenvalue weighted by atomic mass is 32.2. The van der Waals surface area contributed by atoms with Crippen molar-refractivity contribution >= 4 is 21.4 Å². The first-order chi connectivity index (χ1) is 17.5. The first-order valence-electron chi connectivity index (χ1n) is 12.2. The van der Waals surface area contributed by atoms with E-state index in [-0.39, 0.29) is 59.2 Å². The second-order valence-electron chi connectivity index (χ2n) is 11.0. The van der Waals surface area contributed by atoms with E-state index in [0.29, 0.717) is 6.42 Å². The van der Waals surface area contributed by atoms with E-state index < -0.39 is 27.0 Å². The topological polar surface area (TPSA) is 157 Å². The third-order valence-electron chi connectivity index (χ3n) is 5.65. The average Bonchev–Trinajstić information content (AvgIpc) is 2.76. The van der Waals surface area contributed by atoms with Crippen molar-refractivity contribution in [3.05, 3.63) is 45.7 Å². The van der Waals surface area contributed by atoms with Gasteiger partial charge in [-0.1, -0.05) is 32.9 Å². The molecule has 0 aliphatic heterocycles. The van der Waals surface area contributed by atoms with Gasteiger partial charge in [-0.3, -0.25) is 19.8 Å². The molecule has 1 aromatic heterocycles. The van der Waals surface area contributed by atoms with Gasteiger partial charge in [-0.2, -0.15) is 5.26 Å². The van der Waals surface area contributed by atoms with Crippen molar-refractivity contribution in [2.45, 2.75) is 64.9 Å². The standard InChI is InChI=1S/C26H39N5O6S/c1-18-19(16-27)23(33)31(12-14-37-15-13-32)24(34)22(18)30(7)28-20-10-8-9-11-21(20)38(35,36)29-26(5,6)17-25(2,3)4/h8-11,28-29,32,34H,12-15,17H2,1-7H3. The number of pyridine rings is 1. The maximum atomic E-state index is 13.4. The van der Waals surface area contributed by atoms with Crippen molar-refractivity contribution in [3.8, 4) is 11.9 Å². The fourth-order valence-corrected chi connectivity index (χ4v) is 6.25. The Labute approximate surface area is 224 Å². The number of para-hydroxylation sites is 1. The lowest BCUT2D eigenvalue weighted by Gasteiger charge is -2.33. The number of hydrogen-bond donors (Lipinski definition) is 4. The van der Waals surface area contributed by atoms with Crippen LogP contribution in [0.1, 0.15) is 52.2 Å². The summed E-state index contributed by atoms with van der Waals surface area (Å²) in [6, 6.07) is 8.22. The molecular weight excluding hydrogens is 510 g/mol. The van der Waals surface area contributed by atoms with Gasteiger partial charge in [-0.15, -0.1) is 0 Å². The molecule has 0 saturated carbocycles. The Morgan fingerprint density at radius 2 is 1.79 bits per heavy atom. The quantitative estimate of drug-likeness (QED) is 0.231. The van der Waals surface area contributed by atoms with Gasteiger partial charge in [-0.05, 0) is 44.7 Å². The highest BCUT2D eigenvalue weighted by Gasteiger charge is 2.32. The van der Waals surface area contributed by atoms with Gasteiger partial charge in [-0.25, -0.2) is 13.1 Å². The Balaban J connectivity index is 2.48. The molecule has 4 N–H and O–H groups in total. The molecule has 2 aromatic rings. The molecule has 12 heteroatoms. The van der Waals surface area contributed by atoms with Crippen molar-refractivity contribution in [1.82, 2.24) is 9.29 Å². The molecule has 0 radical (unpaired) electrons. The molecule has 38 heavy (non-hydrogen) atoms. The number of sulfonamides is 1. The summed E-state index contributed by atoms with van der Waals surface area (Å²) >= 11 is 0. The molecule has 1 aromatic carbocycles. The van der Waals surface area contributed by atoms with Gasteiger partial charge >= 0.3 is 0 Å². The summed E-state index contributed by atoms with van der Waals surface area (Å²) in [6.07, 6.45) is 0.599. The molecule has 0 aliphatic carbocycles. The third kappa shape index (κ3) is 7.70. The van der Waals surface area contributed by atoms with E-state index in [4.69, 9.17) is 9.84 Å². The maximum Gasteiger partial charge on any atom is 0.271 e. The monoisotopic (exact) mass is 549 g/mol. The largest absolute Gasteiger partial charge is 0.493 e. The zero-order valence-corrected chi connectivity index (χ0v) is 23.9. The second-order valence-corrected chi connectivity index (χ2v) is 12.6. The number of hydrogen-bond acceptors (Lipinski definition) is 9. The minimum Gasteiger partial charge on any atom is -0.493 e. The Morgan fingerprint density at radius 3 is 2.37 bits per heavy atom. The summed E-state index contributed by atoms with van der Waals surface area (Å²) in [5, 5.41) is 30.9. The van der Waals surface area contributed by atoms with E-state index in [1.165, 1.54) is 18.0 Å². The van der Waals surface area contributed by atoms with Gasteiger partial charge in [0.2, 0.25) is 15.9 Å². The van der Waals surface area contributed by atoms with Crippen LogP contribution in [0, 0.1) is 23.7 Å². The number of anilines is 2. The van der Waals surface area contributed by atoms with Gasteiger partial charge in [0.05, 0.1) is 32.1 Å². The number of aromatic hydroxyl groups is 1. The van der Waals surface area contributed by atoms with Crippen molar-refractivity contribution in [1.29, 1.82) is 5.26 Å². The molecule has 0 aliphatic rings. The molecule has 11 nitrogen and oxygen atoms in total. The van der Waals surface area contributed by atoms with Gasteiger partial charge in [0.25, 0.3) is 5.56 Å². The Kier molecular flexibility index (Phi) is 9.96. The number of nitrogens with one attached hydrogen (secondary N) is 2. The number of aliphatic hydroxyl groups excluding tert-OH is 1. The first-order valence-corrected chi connectivity index (χ1v) is 13.7. The average molecular weight is 550 g/mol. The van der Waals surface area contributed by atoms with Gasteiger partial charge in [0.15, 0.2) is 0 Å². The number of nitrogens with zero attached hydrogens (tertiary/aromatic N) is 3. The second kappa shape index (κ2) is 12.2. The Hall–Kier alpha value is -3.11. The molecule has 1 heterocycles. The number of benzene rings is 1. The smallest absolute Gasteiger partial charge is 0.271 e. The van der Waals surface area contributed by atoms with Crippen LogP contribution in [0.25, 0.3) is 0 Å². The molecule has 0 bridgehead atoms. The fraction of sp³-hybridized carbons (Fsp3) is 0.538. The van der Waals surface area contributed by atoms with Gasteiger partial charge < -0.3 is 14.9 Å². The molecule has 0 unspecified atom stereocenters. The van der Waals surface area contributed by atoms with E-state index >= 15 is 0 Å². The maximum absolute atomic E-state index is 13.4. The fourth-order valence-electron chi connectivity index (χ4n) is 4.68. The summed E-state index contributed by atoms with van der Waals surface area (Å²) in [5.41, 5.74) is 1.89. The summed E-state index contributed by atoms with van der Waals surface area (Å²) in [7, 11) is -2.42. The molecular formula is C26H39N5O6S. The SMILES string of the molecule is Cc1c(N(C)Nc2ccccc2S(=O)(=O)NC(C)(C)CC(C)(C)C)c(O)n(CCOCCO)c(=O)c1C#N. The van der Waals surface area contributed by atoms with E-state index in [1.54, 1.807) is 25.2 Å². The molecule has 2 rings (SSSR count). The number of nitriles is 1. The normalized spacial score (nSPS) is 12.3. The number of ether oxygens (including phenoxy) is 1. The Bertz CT molecular complexity index is 1340. The van der Waals surface area contributed by atoms with E-state index in [1.807, 2.05) is 40.7 Å². The lowest BCUT2D eigenvalue weighted by atomic mass is 9.82. The summed E-state index contributed by atoms with van der Waals surface area (Å²) in [4.78, 5) is 12.8. The summed E-state index contributed by atoms with van der Waals surface area (Å²) in [6.45, 7) is 11.1. The minimum atomic E-state index is -3.96. The van der Waals surface area contributed by atoms with Crippen molar-refractivity contribution in [3.63, 3.8) is 0 Å². The highest BCUT2D eigenvalue weighted by Crippen LogP contribution is 2.33. The third-order valence-corrected chi connectivity index (χ3v) is 7.40. The van der Waals surface area contributed by atoms with Crippen molar-refractivity contribution in [2.75, 3.05) is 37.3 Å². The molecule has 0 amide bonds. The molecule has 0 atom stereocenters. The van der Waals surface area contributed by atoms with Crippen LogP contribution in [0.15, 0.2) is 34.0 Å². The molecule has 0 fully saturated rings. The minimum absolute atomic E-state index is 0.00258. The molecule has 0 saturated heterocycles. The first kappa shape index (κ1) is 31.1. The van der Waals surface area contributed by atoms with Crippen LogP contribution in [0.3, 0.4) is 0 Å². The van der Waals surface area contributed by atoms with Gasteiger partial charge in [0, 0.05) is 18.2 Å². The van der Waals surface area contributed by atoms with Crippen LogP contribution in [0.4, 0.5) is 11.4 Å². The molecule has 210 valence electrons. The van der Waals surface area contributed by atoms with Crippen LogP contribution in [0.2, 0.25) is 0 Å². The predicted molar refractivity (Wildman–Crippen MR) is 147 cm³/mol. The summed E-state index contributed by atoms with van der Waals surface area (Å²) in [5.74, 6) is -0.418. The van der Waals surface area contributed by atoms with Crippen molar-refractivity contribution < 1.29 is 23.4 Å². The lowest BCUT2D eigenvalue weighted by Crippen LogP contribution is -2.46. The van der Waals surface area contributed by atoms with Crippen molar-refractivity contribution in [2.24, 2.45) is 5.41 Å².